The summed E-state index contributed by atoms with van der Waals surface area (Å²) in [6.07, 6.45) is 3.75. The number of ether oxygens (including phenoxy) is 1. The summed E-state index contributed by atoms with van der Waals surface area (Å²) >= 11 is 1.71. The van der Waals surface area contributed by atoms with Crippen LogP contribution >= 0.6 is 11.3 Å². The predicted octanol–water partition coefficient (Wildman–Crippen LogP) is 2.20. The van der Waals surface area contributed by atoms with E-state index in [9.17, 15) is 0 Å². The smallest absolute Gasteiger partial charge is 0.203 e. The van der Waals surface area contributed by atoms with Gasteiger partial charge in [-0.3, -0.25) is 0 Å². The van der Waals surface area contributed by atoms with Crippen molar-refractivity contribution in [3.05, 3.63) is 34.8 Å². The molecular weight excluding hydrogens is 222 g/mol. The highest BCUT2D eigenvalue weighted by molar-refractivity contribution is 7.07. The number of thiophene rings is 1. The van der Waals surface area contributed by atoms with Crippen molar-refractivity contribution >= 4 is 17.3 Å². The van der Waals surface area contributed by atoms with Crippen LogP contribution in [-0.2, 0) is 17.8 Å². The van der Waals surface area contributed by atoms with Gasteiger partial charge in [0.05, 0.1) is 6.61 Å². The summed E-state index contributed by atoms with van der Waals surface area (Å²) in [4.78, 5) is 4.27. The van der Waals surface area contributed by atoms with E-state index >= 15 is 0 Å². The average molecular weight is 237 g/mol. The highest BCUT2D eigenvalue weighted by Gasteiger charge is 2.01. The first-order valence-electron chi connectivity index (χ1n) is 5.15. The van der Waals surface area contributed by atoms with Crippen molar-refractivity contribution in [3.8, 4) is 0 Å². The van der Waals surface area contributed by atoms with Gasteiger partial charge in [-0.05, 0) is 22.4 Å². The molecule has 0 unspecified atom stereocenters. The molecule has 0 saturated heterocycles. The molecule has 0 aliphatic heterocycles. The first kappa shape index (κ1) is 11.2. The quantitative estimate of drug-likeness (QED) is 0.837. The topological polar surface area (TPSA) is 39.1 Å². The molecular formula is C11H15N3OS. The Kier molecular flexibility index (Phi) is 3.96. The summed E-state index contributed by atoms with van der Waals surface area (Å²) in [5.41, 5.74) is 1.28. The van der Waals surface area contributed by atoms with Gasteiger partial charge in [0.25, 0.3) is 0 Å². The molecule has 0 atom stereocenters. The summed E-state index contributed by atoms with van der Waals surface area (Å²) in [6, 6.07) is 2.11. The number of rotatable bonds is 6. The van der Waals surface area contributed by atoms with Crippen LogP contribution < -0.4 is 5.32 Å². The lowest BCUT2D eigenvalue weighted by Gasteiger charge is -2.08. The third-order valence-electron chi connectivity index (χ3n) is 2.28. The monoisotopic (exact) mass is 237 g/mol. The number of hydrogen-bond donors (Lipinski definition) is 1. The molecule has 0 bridgehead atoms. The van der Waals surface area contributed by atoms with Gasteiger partial charge < -0.3 is 14.6 Å². The molecule has 1 N–H and O–H groups in total. The zero-order valence-electron chi connectivity index (χ0n) is 9.22. The Morgan fingerprint density at radius 2 is 2.50 bits per heavy atom. The van der Waals surface area contributed by atoms with E-state index in [2.05, 4.69) is 31.7 Å². The third-order valence-corrected chi connectivity index (χ3v) is 3.01. The maximum absolute atomic E-state index is 5.05. The molecule has 0 amide bonds. The van der Waals surface area contributed by atoms with E-state index in [1.54, 1.807) is 24.6 Å². The standard InChI is InChI=1S/C11H15N3OS/c1-15-6-5-14-4-3-12-11(14)13-8-10-2-7-16-9-10/h2-4,7,9H,5-6,8H2,1H3,(H,12,13). The van der Waals surface area contributed by atoms with Crippen molar-refractivity contribution in [2.24, 2.45) is 0 Å². The lowest BCUT2D eigenvalue weighted by Crippen LogP contribution is -2.09. The number of nitrogens with zero attached hydrogens (tertiary/aromatic N) is 2. The fourth-order valence-corrected chi connectivity index (χ4v) is 2.09. The lowest BCUT2D eigenvalue weighted by molar-refractivity contribution is 0.187. The molecule has 0 aromatic carbocycles. The minimum Gasteiger partial charge on any atom is -0.383 e. The van der Waals surface area contributed by atoms with Crippen molar-refractivity contribution in [2.75, 3.05) is 19.0 Å². The molecule has 2 rings (SSSR count). The van der Waals surface area contributed by atoms with Crippen LogP contribution in [0.5, 0.6) is 0 Å². The molecule has 2 heterocycles. The highest BCUT2D eigenvalue weighted by atomic mass is 32.1. The van der Waals surface area contributed by atoms with E-state index in [1.807, 2.05) is 6.20 Å². The van der Waals surface area contributed by atoms with Gasteiger partial charge in [0, 0.05) is 32.6 Å². The summed E-state index contributed by atoms with van der Waals surface area (Å²) in [6.45, 7) is 2.33. The van der Waals surface area contributed by atoms with Crippen LogP contribution in [0.25, 0.3) is 0 Å². The van der Waals surface area contributed by atoms with E-state index in [-0.39, 0.29) is 0 Å². The van der Waals surface area contributed by atoms with Crippen molar-refractivity contribution in [1.82, 2.24) is 9.55 Å². The largest absolute Gasteiger partial charge is 0.383 e. The van der Waals surface area contributed by atoms with Crippen LogP contribution in [0, 0.1) is 0 Å². The number of hydrogen-bond acceptors (Lipinski definition) is 4. The second-order valence-corrected chi connectivity index (χ2v) is 4.20. The zero-order chi connectivity index (χ0) is 11.2. The molecule has 0 aliphatic carbocycles. The lowest BCUT2D eigenvalue weighted by atomic mass is 10.3. The Labute approximate surface area is 98.9 Å². The van der Waals surface area contributed by atoms with Gasteiger partial charge in [-0.25, -0.2) is 4.98 Å². The number of imidazole rings is 1. The van der Waals surface area contributed by atoms with Crippen LogP contribution in [0.2, 0.25) is 0 Å². The SMILES string of the molecule is COCCn1ccnc1NCc1ccsc1. The Morgan fingerprint density at radius 1 is 1.56 bits per heavy atom. The van der Waals surface area contributed by atoms with Crippen LogP contribution in [0.15, 0.2) is 29.2 Å². The number of aromatic nitrogens is 2. The van der Waals surface area contributed by atoms with E-state index in [0.29, 0.717) is 6.61 Å². The first-order valence-corrected chi connectivity index (χ1v) is 6.09. The first-order chi connectivity index (χ1) is 7.90. The second-order valence-electron chi connectivity index (χ2n) is 3.42. The van der Waals surface area contributed by atoms with E-state index in [0.717, 1.165) is 19.0 Å². The third kappa shape index (κ3) is 2.84. The van der Waals surface area contributed by atoms with Crippen molar-refractivity contribution in [3.63, 3.8) is 0 Å². The van der Waals surface area contributed by atoms with Crippen LogP contribution in [0.3, 0.4) is 0 Å². The van der Waals surface area contributed by atoms with Crippen molar-refractivity contribution in [1.29, 1.82) is 0 Å². The number of anilines is 1. The number of nitrogens with one attached hydrogen (secondary N) is 1. The average Bonchev–Trinajstić information content (AvgIpc) is 2.94. The summed E-state index contributed by atoms with van der Waals surface area (Å²) in [7, 11) is 1.70. The van der Waals surface area contributed by atoms with Gasteiger partial charge in [0.15, 0.2) is 0 Å². The van der Waals surface area contributed by atoms with Gasteiger partial charge in [0.2, 0.25) is 5.95 Å². The Hall–Kier alpha value is -1.33. The van der Waals surface area contributed by atoms with Gasteiger partial charge in [0.1, 0.15) is 0 Å². The molecule has 16 heavy (non-hydrogen) atoms. The fraction of sp³-hybridized carbons (Fsp3) is 0.364. The van der Waals surface area contributed by atoms with Crippen LogP contribution in [-0.4, -0.2) is 23.3 Å². The molecule has 0 spiro atoms. The van der Waals surface area contributed by atoms with Crippen LogP contribution in [0.1, 0.15) is 5.56 Å². The van der Waals surface area contributed by atoms with E-state index < -0.39 is 0 Å². The van der Waals surface area contributed by atoms with Crippen LogP contribution in [0.4, 0.5) is 5.95 Å². The maximum Gasteiger partial charge on any atom is 0.203 e. The summed E-state index contributed by atoms with van der Waals surface area (Å²) < 4.78 is 7.10. The predicted molar refractivity (Wildman–Crippen MR) is 65.7 cm³/mol. The fourth-order valence-electron chi connectivity index (χ4n) is 1.42. The van der Waals surface area contributed by atoms with Crippen molar-refractivity contribution < 1.29 is 4.74 Å². The molecule has 2 aromatic rings. The molecule has 0 fully saturated rings. The van der Waals surface area contributed by atoms with E-state index in [1.165, 1.54) is 5.56 Å². The molecule has 2 aromatic heterocycles. The van der Waals surface area contributed by atoms with Gasteiger partial charge in [-0.2, -0.15) is 11.3 Å². The normalized spacial score (nSPS) is 10.6. The minimum atomic E-state index is 0.698. The van der Waals surface area contributed by atoms with Crippen molar-refractivity contribution in [2.45, 2.75) is 13.1 Å². The maximum atomic E-state index is 5.05. The molecule has 0 aliphatic rings. The highest BCUT2D eigenvalue weighted by Crippen LogP contribution is 2.10. The van der Waals surface area contributed by atoms with Gasteiger partial charge in [-0.15, -0.1) is 0 Å². The molecule has 0 radical (unpaired) electrons. The summed E-state index contributed by atoms with van der Waals surface area (Å²) in [5.74, 6) is 0.892. The van der Waals surface area contributed by atoms with Gasteiger partial charge >= 0.3 is 0 Å². The molecule has 5 heteroatoms. The summed E-state index contributed by atoms with van der Waals surface area (Å²) in [5, 5.41) is 7.52. The Balaban J connectivity index is 1.91. The Bertz CT molecular complexity index is 411. The van der Waals surface area contributed by atoms with E-state index in [4.69, 9.17) is 4.74 Å². The molecule has 86 valence electrons. The minimum absolute atomic E-state index is 0.698. The molecule has 4 nitrogen and oxygen atoms in total. The molecule has 0 saturated carbocycles. The second kappa shape index (κ2) is 5.67. The van der Waals surface area contributed by atoms with Gasteiger partial charge in [-0.1, -0.05) is 0 Å². The Morgan fingerprint density at radius 3 is 3.25 bits per heavy atom. The number of methoxy groups -OCH3 is 1. The zero-order valence-corrected chi connectivity index (χ0v) is 10.0.